The summed E-state index contributed by atoms with van der Waals surface area (Å²) in [5.74, 6) is 0.692. The molecule has 1 heterocycles. The molecule has 0 saturated heterocycles. The number of nitrogens with zero attached hydrogens (tertiary/aromatic N) is 1. The van der Waals surface area contributed by atoms with E-state index >= 15 is 0 Å². The highest BCUT2D eigenvalue weighted by molar-refractivity contribution is 6.32. The van der Waals surface area contributed by atoms with Gasteiger partial charge in [-0.2, -0.15) is 5.10 Å². The van der Waals surface area contributed by atoms with Gasteiger partial charge >= 0.3 is 0 Å². The largest absolute Gasteiger partial charge is 0.492 e. The van der Waals surface area contributed by atoms with E-state index in [9.17, 15) is 4.79 Å². The molecule has 100 valence electrons. The molecule has 0 fully saturated rings. The maximum Gasteiger partial charge on any atom is 0.285 e. The second-order valence-corrected chi connectivity index (χ2v) is 4.15. The van der Waals surface area contributed by atoms with Gasteiger partial charge in [0.2, 0.25) is 0 Å². The second kappa shape index (κ2) is 6.10. The lowest BCUT2D eigenvalue weighted by Crippen LogP contribution is -2.16. The molecular weight excluding hydrogens is 268 g/mol. The monoisotopic (exact) mass is 280 g/mol. The minimum atomic E-state index is -0.427. The zero-order chi connectivity index (χ0) is 13.7. The van der Waals surface area contributed by atoms with E-state index in [0.29, 0.717) is 30.3 Å². The van der Waals surface area contributed by atoms with Gasteiger partial charge in [-0.15, -0.1) is 0 Å². The summed E-state index contributed by atoms with van der Waals surface area (Å²) in [6.45, 7) is 0.895. The fourth-order valence-electron chi connectivity index (χ4n) is 1.47. The van der Waals surface area contributed by atoms with Crippen LogP contribution in [0.3, 0.4) is 0 Å². The van der Waals surface area contributed by atoms with E-state index in [-0.39, 0.29) is 5.02 Å². The first-order valence-corrected chi connectivity index (χ1v) is 6.00. The third-order valence-electron chi connectivity index (χ3n) is 2.34. The van der Waals surface area contributed by atoms with Crippen LogP contribution in [0.25, 0.3) is 0 Å². The highest BCUT2D eigenvalue weighted by Crippen LogP contribution is 2.15. The van der Waals surface area contributed by atoms with E-state index in [1.807, 2.05) is 12.1 Å². The molecule has 1 aromatic carbocycles. The first-order valence-electron chi connectivity index (χ1n) is 5.62. The molecule has 6 nitrogen and oxygen atoms in total. The number of aromatic nitrogens is 2. The number of nitrogens with one attached hydrogen (secondary N) is 2. The van der Waals surface area contributed by atoms with Gasteiger partial charge in [-0.05, 0) is 12.1 Å². The molecule has 0 unspecified atom stereocenters. The van der Waals surface area contributed by atoms with Crippen LogP contribution in [0.15, 0.2) is 35.3 Å². The Morgan fingerprint density at radius 1 is 1.47 bits per heavy atom. The number of H-pyrrole nitrogens is 1. The molecule has 2 rings (SSSR count). The topological polar surface area (TPSA) is 93.0 Å². The van der Waals surface area contributed by atoms with Gasteiger partial charge in [0.25, 0.3) is 5.56 Å². The van der Waals surface area contributed by atoms with E-state index in [1.165, 1.54) is 6.20 Å². The molecule has 0 aliphatic heterocycles. The summed E-state index contributed by atoms with van der Waals surface area (Å²) in [7, 11) is 0. The van der Waals surface area contributed by atoms with Crippen LogP contribution in [-0.4, -0.2) is 23.3 Å². The highest BCUT2D eigenvalue weighted by Gasteiger charge is 2.03. The summed E-state index contributed by atoms with van der Waals surface area (Å²) >= 11 is 5.81. The standard InChI is InChI=1S/C12H13ClN4O2/c13-11-10(7-16-17-12(11)18)15-4-5-19-9-3-1-2-8(14)6-9/h1-3,6-7H,4-5,14H2,(H2,15,17,18). The molecule has 0 radical (unpaired) electrons. The van der Waals surface area contributed by atoms with Gasteiger partial charge in [0.05, 0.1) is 11.9 Å². The van der Waals surface area contributed by atoms with Crippen molar-refractivity contribution in [1.82, 2.24) is 10.2 Å². The van der Waals surface area contributed by atoms with Crippen LogP contribution in [0.1, 0.15) is 0 Å². The third-order valence-corrected chi connectivity index (χ3v) is 2.72. The second-order valence-electron chi connectivity index (χ2n) is 3.77. The van der Waals surface area contributed by atoms with Crippen molar-refractivity contribution in [3.8, 4) is 5.75 Å². The molecule has 4 N–H and O–H groups in total. The number of rotatable bonds is 5. The van der Waals surface area contributed by atoms with Gasteiger partial charge in [-0.25, -0.2) is 5.10 Å². The Balaban J connectivity index is 1.84. The van der Waals surface area contributed by atoms with Crippen LogP contribution in [0.5, 0.6) is 5.75 Å². The Labute approximate surface area is 114 Å². The first-order chi connectivity index (χ1) is 9.16. The SMILES string of the molecule is Nc1cccc(OCCNc2cn[nH]c(=O)c2Cl)c1. The number of hydrogen-bond acceptors (Lipinski definition) is 5. The summed E-state index contributed by atoms with van der Waals surface area (Å²) in [5, 5.41) is 8.94. The van der Waals surface area contributed by atoms with Crippen molar-refractivity contribution in [3.05, 3.63) is 45.8 Å². The lowest BCUT2D eigenvalue weighted by atomic mass is 10.3. The van der Waals surface area contributed by atoms with Crippen molar-refractivity contribution in [3.63, 3.8) is 0 Å². The van der Waals surface area contributed by atoms with Crippen LogP contribution >= 0.6 is 11.6 Å². The van der Waals surface area contributed by atoms with E-state index in [2.05, 4.69) is 15.5 Å². The third kappa shape index (κ3) is 3.62. The Hall–Kier alpha value is -2.21. The lowest BCUT2D eigenvalue weighted by Gasteiger charge is -2.09. The average Bonchev–Trinajstić information content (AvgIpc) is 2.39. The summed E-state index contributed by atoms with van der Waals surface area (Å²) in [6.07, 6.45) is 1.45. The smallest absolute Gasteiger partial charge is 0.285 e. The fourth-order valence-corrected chi connectivity index (χ4v) is 1.62. The lowest BCUT2D eigenvalue weighted by molar-refractivity contribution is 0.333. The van der Waals surface area contributed by atoms with Crippen molar-refractivity contribution in [2.24, 2.45) is 0 Å². The summed E-state index contributed by atoms with van der Waals surface area (Å²) in [4.78, 5) is 11.2. The number of ether oxygens (including phenoxy) is 1. The minimum Gasteiger partial charge on any atom is -0.492 e. The molecule has 0 aliphatic carbocycles. The van der Waals surface area contributed by atoms with E-state index in [1.54, 1.807) is 12.1 Å². The van der Waals surface area contributed by atoms with Gasteiger partial charge in [-0.1, -0.05) is 17.7 Å². The number of nitrogen functional groups attached to an aromatic ring is 1. The van der Waals surface area contributed by atoms with Crippen molar-refractivity contribution in [2.45, 2.75) is 0 Å². The number of benzene rings is 1. The van der Waals surface area contributed by atoms with E-state index in [4.69, 9.17) is 22.1 Å². The van der Waals surface area contributed by atoms with Crippen LogP contribution in [0.4, 0.5) is 11.4 Å². The van der Waals surface area contributed by atoms with E-state index in [0.717, 1.165) is 0 Å². The predicted molar refractivity (Wildman–Crippen MR) is 74.7 cm³/mol. The molecule has 0 saturated carbocycles. The Morgan fingerprint density at radius 3 is 3.11 bits per heavy atom. The van der Waals surface area contributed by atoms with Crippen LogP contribution in [0.2, 0.25) is 5.02 Å². The normalized spacial score (nSPS) is 10.2. The summed E-state index contributed by atoms with van der Waals surface area (Å²) in [5.41, 5.74) is 6.32. The van der Waals surface area contributed by atoms with Gasteiger partial charge < -0.3 is 15.8 Å². The molecule has 0 amide bonds. The van der Waals surface area contributed by atoms with Crippen molar-refractivity contribution < 1.29 is 4.74 Å². The number of hydrogen-bond donors (Lipinski definition) is 3. The molecule has 0 bridgehead atoms. The van der Waals surface area contributed by atoms with E-state index < -0.39 is 5.56 Å². The predicted octanol–water partition coefficient (Wildman–Crippen LogP) is 1.50. The highest BCUT2D eigenvalue weighted by atomic mass is 35.5. The van der Waals surface area contributed by atoms with Crippen molar-refractivity contribution in [1.29, 1.82) is 0 Å². The number of anilines is 2. The zero-order valence-electron chi connectivity index (χ0n) is 10.0. The molecule has 0 spiro atoms. The maximum atomic E-state index is 11.2. The summed E-state index contributed by atoms with van der Waals surface area (Å²) < 4.78 is 5.49. The van der Waals surface area contributed by atoms with Gasteiger partial charge in [0.1, 0.15) is 17.4 Å². The number of aromatic amines is 1. The number of nitrogens with two attached hydrogens (primary N) is 1. The zero-order valence-corrected chi connectivity index (χ0v) is 10.8. The molecule has 0 atom stereocenters. The molecule has 7 heteroatoms. The first kappa shape index (κ1) is 13.2. The molecule has 2 aromatic rings. The minimum absolute atomic E-state index is 0.0824. The molecule has 0 aliphatic rings. The van der Waals surface area contributed by atoms with Gasteiger partial charge in [0, 0.05) is 18.3 Å². The average molecular weight is 281 g/mol. The van der Waals surface area contributed by atoms with Gasteiger partial charge in [0.15, 0.2) is 0 Å². The maximum absolute atomic E-state index is 11.2. The van der Waals surface area contributed by atoms with Crippen LogP contribution in [-0.2, 0) is 0 Å². The van der Waals surface area contributed by atoms with Crippen LogP contribution < -0.4 is 21.3 Å². The molecule has 1 aromatic heterocycles. The quantitative estimate of drug-likeness (QED) is 0.570. The Kier molecular flexibility index (Phi) is 4.25. The summed E-state index contributed by atoms with van der Waals surface area (Å²) in [6, 6.07) is 7.16. The molecular formula is C12H13ClN4O2. The fraction of sp³-hybridized carbons (Fsp3) is 0.167. The Bertz CT molecular complexity index is 615. The van der Waals surface area contributed by atoms with Crippen LogP contribution in [0, 0.1) is 0 Å². The van der Waals surface area contributed by atoms with Crippen molar-refractivity contribution in [2.75, 3.05) is 24.2 Å². The van der Waals surface area contributed by atoms with Gasteiger partial charge in [-0.3, -0.25) is 4.79 Å². The number of halogens is 1. The Morgan fingerprint density at radius 2 is 2.32 bits per heavy atom. The molecule has 19 heavy (non-hydrogen) atoms. The van der Waals surface area contributed by atoms with Crippen molar-refractivity contribution >= 4 is 23.0 Å².